The smallest absolute Gasteiger partial charge is 0.128 e. The van der Waals surface area contributed by atoms with Crippen molar-refractivity contribution in [2.24, 2.45) is 0 Å². The van der Waals surface area contributed by atoms with Crippen LogP contribution in [0.15, 0.2) is 182 Å². The Morgan fingerprint density at radius 3 is 1.73 bits per heavy atom. The molecule has 1 heterocycles. The van der Waals surface area contributed by atoms with Crippen LogP contribution >= 0.6 is 0 Å². The molecule has 1 aliphatic heterocycles. The second-order valence-electron chi connectivity index (χ2n) is 12.5. The molecule has 2 nitrogen and oxygen atoms in total. The summed E-state index contributed by atoms with van der Waals surface area (Å²) in [5.41, 5.74) is 14.4. The normalized spacial score (nSPS) is 15.6. The summed E-state index contributed by atoms with van der Waals surface area (Å²) < 4.78 is 6.32. The summed E-state index contributed by atoms with van der Waals surface area (Å²) in [7, 11) is 0. The summed E-state index contributed by atoms with van der Waals surface area (Å²) in [5.74, 6) is 1.21. The van der Waals surface area contributed by atoms with E-state index >= 15 is 0 Å². The van der Waals surface area contributed by atoms with Crippen LogP contribution < -0.4 is 9.64 Å². The van der Waals surface area contributed by atoms with E-state index in [9.17, 15) is 0 Å². The number of fused-ring (bicyclic) bond motifs is 5. The number of hydrogen-bond acceptors (Lipinski definition) is 2. The fraction of sp³-hybridized carbons (Fsp3) is 0.0435. The number of rotatable bonds is 6. The lowest BCUT2D eigenvalue weighted by molar-refractivity contribution is 0.267. The van der Waals surface area contributed by atoms with Crippen molar-refractivity contribution in [2.75, 3.05) is 4.90 Å². The summed E-state index contributed by atoms with van der Waals surface area (Å²) in [5, 5.41) is 0. The van der Waals surface area contributed by atoms with Gasteiger partial charge in [0.05, 0.1) is 11.6 Å². The first kappa shape index (κ1) is 28.1. The van der Waals surface area contributed by atoms with E-state index in [4.69, 9.17) is 4.74 Å². The first-order chi connectivity index (χ1) is 23.8. The number of benzene rings is 7. The van der Waals surface area contributed by atoms with E-state index in [2.05, 4.69) is 193 Å². The molecular weight excluding hydrogens is 583 g/mol. The predicted molar refractivity (Wildman–Crippen MR) is 199 cm³/mol. The van der Waals surface area contributed by atoms with Gasteiger partial charge >= 0.3 is 0 Å². The van der Waals surface area contributed by atoms with E-state index in [-0.39, 0.29) is 12.0 Å². The zero-order chi connectivity index (χ0) is 31.9. The van der Waals surface area contributed by atoms with E-state index in [1.165, 1.54) is 50.1 Å². The molecular formula is C46H33NO. The molecule has 7 aromatic rings. The lowest BCUT2D eigenvalue weighted by Crippen LogP contribution is -2.20. The molecule has 2 heteroatoms. The Morgan fingerprint density at radius 2 is 1.00 bits per heavy atom. The van der Waals surface area contributed by atoms with Gasteiger partial charge in [-0.2, -0.15) is 0 Å². The molecule has 1 aliphatic carbocycles. The molecule has 2 atom stereocenters. The Balaban J connectivity index is 1.11. The number of hydrogen-bond donors (Lipinski definition) is 0. The van der Waals surface area contributed by atoms with Gasteiger partial charge < -0.3 is 9.64 Å². The quantitative estimate of drug-likeness (QED) is 0.185. The van der Waals surface area contributed by atoms with Gasteiger partial charge in [0.2, 0.25) is 0 Å². The van der Waals surface area contributed by atoms with Crippen LogP contribution in [-0.2, 0) is 0 Å². The highest BCUT2D eigenvalue weighted by Gasteiger charge is 2.37. The summed E-state index contributed by atoms with van der Waals surface area (Å²) in [6.45, 7) is 0. The second kappa shape index (κ2) is 11.9. The minimum atomic E-state index is 0.0408. The molecule has 0 N–H and O–H groups in total. The molecule has 0 amide bonds. The van der Waals surface area contributed by atoms with Gasteiger partial charge in [-0.05, 0) is 87.5 Å². The van der Waals surface area contributed by atoms with Crippen LogP contribution in [0.2, 0.25) is 0 Å². The molecule has 0 bridgehead atoms. The highest BCUT2D eigenvalue weighted by molar-refractivity contribution is 5.89. The minimum absolute atomic E-state index is 0.0408. The zero-order valence-corrected chi connectivity index (χ0v) is 26.4. The molecule has 48 heavy (non-hydrogen) atoms. The van der Waals surface area contributed by atoms with Gasteiger partial charge in [-0.1, -0.05) is 140 Å². The van der Waals surface area contributed by atoms with Gasteiger partial charge in [0.25, 0.3) is 0 Å². The van der Waals surface area contributed by atoms with Crippen molar-refractivity contribution in [3.63, 3.8) is 0 Å². The number of ether oxygens (including phenoxy) is 1. The van der Waals surface area contributed by atoms with Crippen molar-refractivity contribution >= 4 is 23.1 Å². The van der Waals surface area contributed by atoms with Gasteiger partial charge in [0, 0.05) is 22.5 Å². The summed E-state index contributed by atoms with van der Waals surface area (Å²) >= 11 is 0. The van der Waals surface area contributed by atoms with Crippen LogP contribution in [0.4, 0.5) is 17.1 Å². The standard InChI is InChI=1S/C46H33NO/c1-3-11-32(12-4-1)33-21-26-38(27-22-33)47(43-17-9-7-15-40(43)35-13-5-2-6-14-35)39-28-23-34(24-29-39)37-20-19-36-25-30-45-46(42(36)31-37)41-16-8-10-18-44(41)48-45/h1-31,45-46H. The van der Waals surface area contributed by atoms with Crippen LogP contribution in [0.1, 0.15) is 22.6 Å². The van der Waals surface area contributed by atoms with Gasteiger partial charge in [-0.3, -0.25) is 0 Å². The third-order valence-corrected chi connectivity index (χ3v) is 9.65. The monoisotopic (exact) mass is 615 g/mol. The largest absolute Gasteiger partial charge is 0.485 e. The lowest BCUT2D eigenvalue weighted by Gasteiger charge is -2.28. The first-order valence-corrected chi connectivity index (χ1v) is 16.6. The molecule has 0 aromatic heterocycles. The number of para-hydroxylation sites is 2. The van der Waals surface area contributed by atoms with Gasteiger partial charge in [0.1, 0.15) is 11.9 Å². The molecule has 0 radical (unpaired) electrons. The van der Waals surface area contributed by atoms with Crippen molar-refractivity contribution in [3.05, 3.63) is 199 Å². The molecule has 2 unspecified atom stereocenters. The van der Waals surface area contributed by atoms with E-state index in [0.717, 1.165) is 22.8 Å². The van der Waals surface area contributed by atoms with E-state index in [1.54, 1.807) is 0 Å². The van der Waals surface area contributed by atoms with E-state index < -0.39 is 0 Å². The van der Waals surface area contributed by atoms with Gasteiger partial charge in [-0.25, -0.2) is 0 Å². The van der Waals surface area contributed by atoms with Crippen LogP contribution in [0.5, 0.6) is 5.75 Å². The Kier molecular flexibility index (Phi) is 6.98. The second-order valence-corrected chi connectivity index (χ2v) is 12.5. The maximum atomic E-state index is 6.32. The highest BCUT2D eigenvalue weighted by Crippen LogP contribution is 2.47. The topological polar surface area (TPSA) is 12.5 Å². The van der Waals surface area contributed by atoms with Crippen LogP contribution in [0, 0.1) is 0 Å². The molecule has 0 spiro atoms. The maximum absolute atomic E-state index is 6.32. The maximum Gasteiger partial charge on any atom is 0.128 e. The molecule has 0 fully saturated rings. The zero-order valence-electron chi connectivity index (χ0n) is 26.4. The SMILES string of the molecule is C1=CC2Oc3ccccc3C2c2cc(-c3ccc(N(c4ccc(-c5ccccc5)cc4)c4ccccc4-c4ccccc4)cc3)ccc21. The van der Waals surface area contributed by atoms with Crippen molar-refractivity contribution in [1.29, 1.82) is 0 Å². The van der Waals surface area contributed by atoms with Crippen LogP contribution in [0.3, 0.4) is 0 Å². The number of anilines is 3. The molecule has 9 rings (SSSR count). The molecule has 0 saturated carbocycles. The Labute approximate surface area is 281 Å². The Hall–Kier alpha value is -6.12. The highest BCUT2D eigenvalue weighted by atomic mass is 16.5. The summed E-state index contributed by atoms with van der Waals surface area (Å²) in [6, 6.07) is 63.1. The Bertz CT molecular complexity index is 2250. The molecule has 7 aromatic carbocycles. The van der Waals surface area contributed by atoms with Crippen molar-refractivity contribution in [1.82, 2.24) is 0 Å². The average molecular weight is 616 g/mol. The van der Waals surface area contributed by atoms with Crippen LogP contribution in [-0.4, -0.2) is 6.10 Å². The van der Waals surface area contributed by atoms with E-state index in [1.807, 2.05) is 0 Å². The van der Waals surface area contributed by atoms with Gasteiger partial charge in [-0.15, -0.1) is 0 Å². The summed E-state index contributed by atoms with van der Waals surface area (Å²) in [4.78, 5) is 2.37. The first-order valence-electron chi connectivity index (χ1n) is 16.6. The molecule has 0 saturated heterocycles. The fourth-order valence-electron chi connectivity index (χ4n) is 7.30. The lowest BCUT2D eigenvalue weighted by atomic mass is 9.80. The predicted octanol–water partition coefficient (Wildman–Crippen LogP) is 12.1. The molecule has 228 valence electrons. The molecule has 2 aliphatic rings. The third kappa shape index (κ3) is 4.99. The van der Waals surface area contributed by atoms with E-state index in [0.29, 0.717) is 0 Å². The minimum Gasteiger partial charge on any atom is -0.485 e. The Morgan fingerprint density at radius 1 is 0.438 bits per heavy atom. The number of nitrogens with zero attached hydrogens (tertiary/aromatic N) is 1. The van der Waals surface area contributed by atoms with Crippen molar-refractivity contribution in [3.8, 4) is 39.1 Å². The van der Waals surface area contributed by atoms with Crippen LogP contribution in [0.25, 0.3) is 39.5 Å². The summed E-state index contributed by atoms with van der Waals surface area (Å²) in [6.07, 6.45) is 4.45. The fourth-order valence-corrected chi connectivity index (χ4v) is 7.30. The third-order valence-electron chi connectivity index (χ3n) is 9.65. The van der Waals surface area contributed by atoms with Crippen molar-refractivity contribution in [2.45, 2.75) is 12.0 Å². The van der Waals surface area contributed by atoms with Gasteiger partial charge in [0.15, 0.2) is 0 Å². The average Bonchev–Trinajstić information content (AvgIpc) is 3.56. The van der Waals surface area contributed by atoms with Crippen molar-refractivity contribution < 1.29 is 4.74 Å².